The van der Waals surface area contributed by atoms with Crippen molar-refractivity contribution in [3.63, 3.8) is 0 Å². The van der Waals surface area contributed by atoms with Crippen molar-refractivity contribution in [3.8, 4) is 0 Å². The second-order valence-corrected chi connectivity index (χ2v) is 0. The van der Waals surface area contributed by atoms with Crippen LogP contribution in [0.2, 0.25) is 0 Å². The van der Waals surface area contributed by atoms with Crippen LogP contribution in [-0.4, -0.2) is 0 Å². The summed E-state index contributed by atoms with van der Waals surface area (Å²) < 4.78 is 0. The number of halogens is 2. The largest absolute Gasteiger partial charge is 0.344 e. The zero-order chi connectivity index (χ0) is 0. The fourth-order valence-corrected chi connectivity index (χ4v) is 0. The topological polar surface area (TPSA) is 140 Å². The van der Waals surface area contributed by atoms with Gasteiger partial charge in [0, 0.05) is 20.4 Å². The molecule has 0 heterocycles. The summed E-state index contributed by atoms with van der Waals surface area (Å²) >= 11 is 0. The van der Waals surface area contributed by atoms with Crippen LogP contribution in [0.25, 0.3) is 0 Å². The van der Waals surface area contributed by atoms with E-state index in [-0.39, 0.29) is 69.8 Å². The average Bonchev–Trinajstić information content (AvgIpc) is 0. The van der Waals surface area contributed by atoms with E-state index in [2.05, 4.69) is 0 Å². The van der Waals surface area contributed by atoms with Crippen LogP contribution in [-0.2, 0) is 20.4 Å². The Hall–Kier alpha value is 1.08. The SMILES string of the molecule is Cl.Cl.N.N.N.N.[Pd]. The van der Waals surface area contributed by atoms with Gasteiger partial charge < -0.3 is 24.6 Å². The normalized spacial score (nSPS) is 0. The average molecular weight is 247 g/mol. The molecule has 0 aromatic carbocycles. The molecular formula is H14Cl2N4Pd. The molecule has 0 amide bonds. The summed E-state index contributed by atoms with van der Waals surface area (Å²) in [6, 6.07) is 0. The van der Waals surface area contributed by atoms with E-state index >= 15 is 0 Å². The van der Waals surface area contributed by atoms with Crippen molar-refractivity contribution < 1.29 is 20.4 Å². The van der Waals surface area contributed by atoms with Gasteiger partial charge in [-0.2, -0.15) is 0 Å². The smallest absolute Gasteiger partial charge is 0 e. The van der Waals surface area contributed by atoms with E-state index in [1.165, 1.54) is 0 Å². The Kier molecular flexibility index (Phi) is 11100. The number of hydrogen-bond acceptors (Lipinski definition) is 4. The van der Waals surface area contributed by atoms with E-state index < -0.39 is 0 Å². The Morgan fingerprint density at radius 1 is 0.429 bits per heavy atom. The van der Waals surface area contributed by atoms with Crippen molar-refractivity contribution >= 4 is 24.8 Å². The number of rotatable bonds is 0. The van der Waals surface area contributed by atoms with Gasteiger partial charge in [-0.25, -0.2) is 0 Å². The molecular weight excluding hydrogens is 233 g/mol. The first-order valence-corrected chi connectivity index (χ1v) is 0. The molecule has 0 aliphatic rings. The van der Waals surface area contributed by atoms with Crippen LogP contribution in [0.3, 0.4) is 0 Å². The second kappa shape index (κ2) is 224. The minimum absolute atomic E-state index is 0. The molecule has 0 aromatic rings. The maximum Gasteiger partial charge on any atom is 0 e. The summed E-state index contributed by atoms with van der Waals surface area (Å²) in [5.41, 5.74) is 0. The van der Waals surface area contributed by atoms with Gasteiger partial charge in [0.1, 0.15) is 0 Å². The molecule has 58 valence electrons. The van der Waals surface area contributed by atoms with Crippen molar-refractivity contribution in [1.29, 1.82) is 0 Å². The van der Waals surface area contributed by atoms with Gasteiger partial charge in [-0.1, -0.05) is 0 Å². The summed E-state index contributed by atoms with van der Waals surface area (Å²) in [4.78, 5) is 0. The molecule has 7 heavy (non-hydrogen) atoms. The fraction of sp³-hybridized carbons (Fsp3) is 0. The van der Waals surface area contributed by atoms with E-state index in [0.29, 0.717) is 0 Å². The fourth-order valence-electron chi connectivity index (χ4n) is 0. The zero-order valence-electron chi connectivity index (χ0n) is 3.96. The van der Waals surface area contributed by atoms with E-state index in [9.17, 15) is 0 Å². The Morgan fingerprint density at radius 2 is 0.429 bits per heavy atom. The van der Waals surface area contributed by atoms with Crippen molar-refractivity contribution in [2.45, 2.75) is 0 Å². The van der Waals surface area contributed by atoms with E-state index in [1.54, 1.807) is 0 Å². The number of hydrogen-bond donors (Lipinski definition) is 4. The molecule has 0 unspecified atom stereocenters. The van der Waals surface area contributed by atoms with Crippen LogP contribution in [0, 0.1) is 0 Å². The van der Waals surface area contributed by atoms with Gasteiger partial charge in [0.2, 0.25) is 0 Å². The molecule has 0 saturated heterocycles. The summed E-state index contributed by atoms with van der Waals surface area (Å²) in [5, 5.41) is 0. The second-order valence-electron chi connectivity index (χ2n) is 0. The summed E-state index contributed by atoms with van der Waals surface area (Å²) in [7, 11) is 0. The molecule has 7 heteroatoms. The van der Waals surface area contributed by atoms with Crippen LogP contribution in [0.5, 0.6) is 0 Å². The third-order valence-corrected chi connectivity index (χ3v) is 0. The minimum Gasteiger partial charge on any atom is -0.344 e. The monoisotopic (exact) mass is 246 g/mol. The van der Waals surface area contributed by atoms with Crippen LogP contribution in [0.15, 0.2) is 0 Å². The predicted octanol–water partition coefficient (Wildman–Crippen LogP) is 1.49. The van der Waals surface area contributed by atoms with E-state index in [4.69, 9.17) is 0 Å². The molecule has 0 bridgehead atoms. The van der Waals surface area contributed by atoms with Crippen LogP contribution >= 0.6 is 24.8 Å². The van der Waals surface area contributed by atoms with Gasteiger partial charge in [-0.3, -0.25) is 0 Å². The molecule has 0 spiro atoms. The van der Waals surface area contributed by atoms with Gasteiger partial charge >= 0.3 is 0 Å². The summed E-state index contributed by atoms with van der Waals surface area (Å²) in [6.07, 6.45) is 0. The van der Waals surface area contributed by atoms with Crippen LogP contribution < -0.4 is 24.6 Å². The molecule has 0 fully saturated rings. The molecule has 0 radical (unpaired) electrons. The first-order valence-electron chi connectivity index (χ1n) is 0. The van der Waals surface area contributed by atoms with Gasteiger partial charge in [-0.15, -0.1) is 24.8 Å². The van der Waals surface area contributed by atoms with Crippen molar-refractivity contribution in [2.24, 2.45) is 0 Å². The molecule has 0 aromatic heterocycles. The Labute approximate surface area is 70.0 Å². The van der Waals surface area contributed by atoms with Gasteiger partial charge in [0.25, 0.3) is 0 Å². The third kappa shape index (κ3) is 156. The molecule has 0 rings (SSSR count). The maximum absolute atomic E-state index is 0. The zero-order valence-corrected chi connectivity index (χ0v) is 7.15. The Bertz CT molecular complexity index is 9.65. The minimum atomic E-state index is 0. The standard InChI is InChI=1S/2ClH.4H3N.Pd/h2*1H;4*1H3;. The molecule has 12 N–H and O–H groups in total. The van der Waals surface area contributed by atoms with Crippen LogP contribution in [0.1, 0.15) is 0 Å². The van der Waals surface area contributed by atoms with E-state index in [0.717, 1.165) is 0 Å². The van der Waals surface area contributed by atoms with Crippen LogP contribution in [0.4, 0.5) is 0 Å². The van der Waals surface area contributed by atoms with Crippen molar-refractivity contribution in [3.05, 3.63) is 0 Å². The predicted molar refractivity (Wildman–Crippen MR) is 34.6 cm³/mol. The van der Waals surface area contributed by atoms with Crippen molar-refractivity contribution in [1.82, 2.24) is 24.6 Å². The summed E-state index contributed by atoms with van der Waals surface area (Å²) in [5.74, 6) is 0. The Balaban J connectivity index is 0. The van der Waals surface area contributed by atoms with Gasteiger partial charge in [0.15, 0.2) is 0 Å². The quantitative estimate of drug-likeness (QED) is 0.481. The van der Waals surface area contributed by atoms with Gasteiger partial charge in [0.05, 0.1) is 0 Å². The summed E-state index contributed by atoms with van der Waals surface area (Å²) in [6.45, 7) is 0. The van der Waals surface area contributed by atoms with Gasteiger partial charge in [-0.05, 0) is 0 Å². The van der Waals surface area contributed by atoms with Crippen molar-refractivity contribution in [2.75, 3.05) is 0 Å². The molecule has 0 aliphatic heterocycles. The third-order valence-electron chi connectivity index (χ3n) is 0. The first-order chi connectivity index (χ1) is 0. The molecule has 4 nitrogen and oxygen atoms in total. The molecule has 0 atom stereocenters. The first kappa shape index (κ1) is 346. The Morgan fingerprint density at radius 3 is 0.429 bits per heavy atom. The van der Waals surface area contributed by atoms with E-state index in [1.807, 2.05) is 0 Å². The maximum atomic E-state index is 0. The molecule has 0 saturated carbocycles. The molecule has 0 aliphatic carbocycles.